The van der Waals surface area contributed by atoms with Crippen molar-refractivity contribution in [2.24, 2.45) is 0 Å². The van der Waals surface area contributed by atoms with Gasteiger partial charge in [-0.05, 0) is 6.07 Å². The van der Waals surface area contributed by atoms with Crippen molar-refractivity contribution in [1.82, 2.24) is 0 Å². The van der Waals surface area contributed by atoms with Crippen LogP contribution < -0.4 is 4.73 Å². The van der Waals surface area contributed by atoms with Gasteiger partial charge in [-0.15, -0.1) is 0 Å². The van der Waals surface area contributed by atoms with Gasteiger partial charge in [0, 0.05) is 23.8 Å². The fourth-order valence-corrected chi connectivity index (χ4v) is 0.786. The molecule has 54 valence electrons. The van der Waals surface area contributed by atoms with Crippen LogP contribution in [0, 0.1) is 6.92 Å². The van der Waals surface area contributed by atoms with Gasteiger partial charge in [-0.2, -0.15) is 0 Å². The molecule has 1 rings (SSSR count). The zero-order chi connectivity index (χ0) is 7.56. The topological polar surface area (TPSA) is 44.3 Å². The predicted octanol–water partition coefficient (Wildman–Crippen LogP) is 0.0121. The summed E-state index contributed by atoms with van der Waals surface area (Å²) in [5.74, 6) is 0. The normalized spacial score (nSPS) is 9.80. The van der Waals surface area contributed by atoms with Gasteiger partial charge in [0.1, 0.15) is 6.61 Å². The second kappa shape index (κ2) is 2.66. The summed E-state index contributed by atoms with van der Waals surface area (Å²) in [6.45, 7) is 1.62. The summed E-state index contributed by atoms with van der Waals surface area (Å²) in [6.07, 6.45) is 0. The predicted molar refractivity (Wildman–Crippen MR) is 34.5 cm³/mol. The number of pyridine rings is 1. The van der Waals surface area contributed by atoms with E-state index in [-0.39, 0.29) is 6.61 Å². The third-order valence-corrected chi connectivity index (χ3v) is 1.39. The lowest BCUT2D eigenvalue weighted by molar-refractivity contribution is -0.914. The van der Waals surface area contributed by atoms with Gasteiger partial charge in [0.2, 0.25) is 5.69 Å². The molecule has 1 heterocycles. The first kappa shape index (κ1) is 7.02. The summed E-state index contributed by atoms with van der Waals surface area (Å²) in [6, 6.07) is 5.21. The fraction of sp³-hybridized carbons (Fsp3) is 0.286. The maximum atomic E-state index is 9.15. The second-order valence-corrected chi connectivity index (χ2v) is 2.13. The Hall–Kier alpha value is -1.09. The first-order chi connectivity index (χ1) is 4.75. The Kier molecular flexibility index (Phi) is 1.87. The van der Waals surface area contributed by atoms with Crippen molar-refractivity contribution < 1.29 is 15.0 Å². The third kappa shape index (κ3) is 1.09. The molecule has 0 atom stereocenters. The van der Waals surface area contributed by atoms with Crippen molar-refractivity contribution >= 4 is 0 Å². The summed E-state index contributed by atoms with van der Waals surface area (Å²) in [7, 11) is 0. The lowest BCUT2D eigenvalue weighted by Gasteiger charge is -1.92. The smallest absolute Gasteiger partial charge is 0.259 e. The molecule has 0 saturated heterocycles. The highest BCUT2D eigenvalue weighted by Gasteiger charge is 2.09. The van der Waals surface area contributed by atoms with Crippen molar-refractivity contribution in [2.45, 2.75) is 13.5 Å². The minimum Gasteiger partial charge on any atom is -0.385 e. The highest BCUT2D eigenvalue weighted by molar-refractivity contribution is 5.00. The van der Waals surface area contributed by atoms with Crippen LogP contribution in [0.5, 0.6) is 0 Å². The van der Waals surface area contributed by atoms with Gasteiger partial charge in [-0.25, -0.2) is 0 Å². The molecule has 3 nitrogen and oxygen atoms in total. The molecule has 1 aromatic rings. The molecule has 0 amide bonds. The molecule has 0 fully saturated rings. The number of rotatable bonds is 1. The van der Waals surface area contributed by atoms with Crippen molar-refractivity contribution in [3.05, 3.63) is 29.6 Å². The standard InChI is InChI=1S/C7H10NO2/c1-6-3-2-4-7(5-9)8(6)10/h2-4,9-10H,5H2,1H3/q+1. The minimum absolute atomic E-state index is 0.141. The fourth-order valence-electron chi connectivity index (χ4n) is 0.786. The molecule has 0 aliphatic carbocycles. The second-order valence-electron chi connectivity index (χ2n) is 2.13. The Morgan fingerprint density at radius 3 is 2.70 bits per heavy atom. The van der Waals surface area contributed by atoms with Crippen LogP contribution in [0.25, 0.3) is 0 Å². The van der Waals surface area contributed by atoms with Crippen LogP contribution in [0.4, 0.5) is 0 Å². The average Bonchev–Trinajstić information content (AvgIpc) is 1.95. The number of aliphatic hydroxyl groups excluding tert-OH is 1. The monoisotopic (exact) mass is 140 g/mol. The van der Waals surface area contributed by atoms with Gasteiger partial charge in [0.25, 0.3) is 5.69 Å². The van der Waals surface area contributed by atoms with E-state index in [0.29, 0.717) is 11.4 Å². The zero-order valence-corrected chi connectivity index (χ0v) is 5.78. The van der Waals surface area contributed by atoms with Gasteiger partial charge in [-0.1, -0.05) is 0 Å². The lowest BCUT2D eigenvalue weighted by Crippen LogP contribution is -2.38. The largest absolute Gasteiger partial charge is 0.385 e. The summed E-state index contributed by atoms with van der Waals surface area (Å²) in [5, 5.41) is 17.8. The van der Waals surface area contributed by atoms with Crippen LogP contribution in [0.1, 0.15) is 11.4 Å². The molecule has 10 heavy (non-hydrogen) atoms. The average molecular weight is 140 g/mol. The summed E-state index contributed by atoms with van der Waals surface area (Å²) < 4.78 is 0.972. The summed E-state index contributed by atoms with van der Waals surface area (Å²) in [5.41, 5.74) is 1.21. The summed E-state index contributed by atoms with van der Waals surface area (Å²) in [4.78, 5) is 0. The Bertz CT molecular complexity index is 235. The molecule has 0 aliphatic rings. The van der Waals surface area contributed by atoms with Crippen LogP contribution in [-0.2, 0) is 6.61 Å². The number of hydrogen-bond acceptors (Lipinski definition) is 2. The van der Waals surface area contributed by atoms with Gasteiger partial charge in [0.05, 0.1) is 0 Å². The van der Waals surface area contributed by atoms with E-state index in [9.17, 15) is 0 Å². The molecular formula is C7H10NO2+. The molecule has 0 bridgehead atoms. The highest BCUT2D eigenvalue weighted by atomic mass is 16.5. The SMILES string of the molecule is Cc1cccc(CO)[n+]1O. The van der Waals surface area contributed by atoms with E-state index in [4.69, 9.17) is 10.3 Å². The first-order valence-electron chi connectivity index (χ1n) is 3.06. The van der Waals surface area contributed by atoms with Crippen molar-refractivity contribution in [3.63, 3.8) is 0 Å². The molecule has 0 aromatic carbocycles. The van der Waals surface area contributed by atoms with Gasteiger partial charge >= 0.3 is 0 Å². The van der Waals surface area contributed by atoms with E-state index in [0.717, 1.165) is 4.73 Å². The number of aliphatic hydroxyl groups is 1. The first-order valence-corrected chi connectivity index (χ1v) is 3.06. The van der Waals surface area contributed by atoms with Crippen molar-refractivity contribution in [3.8, 4) is 0 Å². The summed E-state index contributed by atoms with van der Waals surface area (Å²) >= 11 is 0. The Morgan fingerprint density at radius 1 is 1.50 bits per heavy atom. The molecule has 2 N–H and O–H groups in total. The molecule has 0 unspecified atom stereocenters. The van der Waals surface area contributed by atoms with Crippen molar-refractivity contribution in [1.29, 1.82) is 0 Å². The number of nitrogens with zero attached hydrogens (tertiary/aromatic N) is 1. The van der Waals surface area contributed by atoms with Crippen LogP contribution in [0.2, 0.25) is 0 Å². The molecule has 3 heteroatoms. The van der Waals surface area contributed by atoms with E-state index in [2.05, 4.69) is 0 Å². The van der Waals surface area contributed by atoms with E-state index >= 15 is 0 Å². The minimum atomic E-state index is -0.141. The zero-order valence-electron chi connectivity index (χ0n) is 5.78. The molecule has 0 radical (unpaired) electrons. The van der Waals surface area contributed by atoms with Crippen LogP contribution in [0.15, 0.2) is 18.2 Å². The number of hydrogen-bond donors (Lipinski definition) is 2. The quantitative estimate of drug-likeness (QED) is 0.426. The maximum absolute atomic E-state index is 9.15. The van der Waals surface area contributed by atoms with Crippen LogP contribution in [0.3, 0.4) is 0 Å². The maximum Gasteiger partial charge on any atom is 0.259 e. The van der Waals surface area contributed by atoms with E-state index in [1.807, 2.05) is 0 Å². The Balaban J connectivity index is 3.14. The Labute approximate surface area is 59.1 Å². The molecule has 0 spiro atoms. The molecular weight excluding hydrogens is 130 g/mol. The highest BCUT2D eigenvalue weighted by Crippen LogP contribution is 1.93. The Morgan fingerprint density at radius 2 is 2.20 bits per heavy atom. The molecule has 1 aromatic heterocycles. The van der Waals surface area contributed by atoms with E-state index in [1.54, 1.807) is 25.1 Å². The molecule has 0 saturated carbocycles. The van der Waals surface area contributed by atoms with E-state index < -0.39 is 0 Å². The van der Waals surface area contributed by atoms with E-state index in [1.165, 1.54) is 0 Å². The van der Waals surface area contributed by atoms with Gasteiger partial charge in [-0.3, -0.25) is 5.21 Å². The van der Waals surface area contributed by atoms with Gasteiger partial charge < -0.3 is 5.11 Å². The lowest BCUT2D eigenvalue weighted by atomic mass is 10.3. The van der Waals surface area contributed by atoms with Gasteiger partial charge in [0.15, 0.2) is 0 Å². The van der Waals surface area contributed by atoms with Crippen LogP contribution in [-0.4, -0.2) is 10.3 Å². The molecule has 0 aliphatic heterocycles. The van der Waals surface area contributed by atoms with Crippen molar-refractivity contribution in [2.75, 3.05) is 0 Å². The van der Waals surface area contributed by atoms with Crippen LogP contribution >= 0.6 is 0 Å². The number of aromatic nitrogens is 1. The number of aryl methyl sites for hydroxylation is 1. The third-order valence-electron chi connectivity index (χ3n) is 1.39.